The van der Waals surface area contributed by atoms with Crippen LogP contribution in [0.5, 0.6) is 11.6 Å². The van der Waals surface area contributed by atoms with Gasteiger partial charge < -0.3 is 9.84 Å². The fourth-order valence-corrected chi connectivity index (χ4v) is 4.03. The zero-order valence-electron chi connectivity index (χ0n) is 16.4. The predicted molar refractivity (Wildman–Crippen MR) is 119 cm³/mol. The molecule has 2 aromatic carbocycles. The van der Waals surface area contributed by atoms with E-state index in [0.717, 1.165) is 4.57 Å². The number of carbonyl (C=O) groups is 1. The number of hydrogen-bond donors (Lipinski definition) is 1. The van der Waals surface area contributed by atoms with Crippen molar-refractivity contribution in [1.29, 1.82) is 5.26 Å². The minimum Gasteiger partial charge on any atom is -0.494 e. The van der Waals surface area contributed by atoms with Gasteiger partial charge in [0.25, 0.3) is 5.56 Å². The number of rotatable bonds is 5. The zero-order chi connectivity index (χ0) is 22.9. The highest BCUT2D eigenvalue weighted by atomic mass is 35.5. The minimum atomic E-state index is -0.736. The predicted octanol–water partition coefficient (Wildman–Crippen LogP) is 4.98. The molecular weight excluding hydrogens is 463 g/mol. The summed E-state index contributed by atoms with van der Waals surface area (Å²) >= 11 is 18.5. The molecule has 0 fully saturated rings. The lowest BCUT2D eigenvalue weighted by Gasteiger charge is -2.16. The fraction of sp³-hybridized carbons (Fsp3) is 0.136. The van der Waals surface area contributed by atoms with Gasteiger partial charge in [0.2, 0.25) is 5.88 Å². The van der Waals surface area contributed by atoms with Gasteiger partial charge in [0.1, 0.15) is 11.6 Å². The lowest BCUT2D eigenvalue weighted by atomic mass is 9.97. The summed E-state index contributed by atoms with van der Waals surface area (Å²) in [6, 6.07) is 11.2. The first-order valence-corrected chi connectivity index (χ1v) is 10.0. The molecule has 6 nitrogen and oxygen atoms in total. The number of hydrogen-bond acceptors (Lipinski definition) is 5. The van der Waals surface area contributed by atoms with Crippen LogP contribution in [0, 0.1) is 18.3 Å². The summed E-state index contributed by atoms with van der Waals surface area (Å²) in [5, 5.41) is 21.0. The van der Waals surface area contributed by atoms with Crippen molar-refractivity contribution in [2.75, 3.05) is 7.11 Å². The molecule has 0 amide bonds. The quantitative estimate of drug-likeness (QED) is 0.523. The van der Waals surface area contributed by atoms with Crippen LogP contribution in [0.3, 0.4) is 0 Å². The number of methoxy groups -OCH3 is 1. The molecule has 158 valence electrons. The van der Waals surface area contributed by atoms with Crippen molar-refractivity contribution in [3.63, 3.8) is 0 Å². The third kappa shape index (κ3) is 4.13. The van der Waals surface area contributed by atoms with Crippen molar-refractivity contribution in [3.05, 3.63) is 89.6 Å². The molecule has 0 aliphatic rings. The Bertz CT molecular complexity index is 1290. The average molecular weight is 478 g/mol. The van der Waals surface area contributed by atoms with Crippen molar-refractivity contribution in [3.8, 4) is 17.7 Å². The second-order valence-corrected chi connectivity index (χ2v) is 7.82. The van der Waals surface area contributed by atoms with Crippen LogP contribution in [0.4, 0.5) is 0 Å². The minimum absolute atomic E-state index is 0.0495. The van der Waals surface area contributed by atoms with Gasteiger partial charge in [-0.1, -0.05) is 53.0 Å². The molecule has 0 bridgehead atoms. The maximum Gasteiger partial charge on any atom is 0.271 e. The molecule has 0 atom stereocenters. The van der Waals surface area contributed by atoms with E-state index in [1.54, 1.807) is 24.3 Å². The van der Waals surface area contributed by atoms with Gasteiger partial charge in [-0.25, -0.2) is 0 Å². The fourth-order valence-electron chi connectivity index (χ4n) is 3.20. The van der Waals surface area contributed by atoms with Gasteiger partial charge in [0.05, 0.1) is 29.3 Å². The molecule has 0 radical (unpaired) electrons. The van der Waals surface area contributed by atoms with Crippen molar-refractivity contribution in [2.24, 2.45) is 0 Å². The maximum absolute atomic E-state index is 13.3. The van der Waals surface area contributed by atoms with Crippen LogP contribution in [0.15, 0.2) is 41.2 Å². The average Bonchev–Trinajstić information content (AvgIpc) is 2.72. The maximum atomic E-state index is 13.3. The molecule has 0 saturated carbocycles. The topological polar surface area (TPSA) is 92.3 Å². The van der Waals surface area contributed by atoms with Gasteiger partial charge >= 0.3 is 0 Å². The van der Waals surface area contributed by atoms with E-state index in [9.17, 15) is 20.0 Å². The molecule has 9 heteroatoms. The number of aromatic hydroxyl groups is 1. The van der Waals surface area contributed by atoms with Crippen molar-refractivity contribution < 1.29 is 14.6 Å². The first-order chi connectivity index (χ1) is 14.7. The number of benzene rings is 2. The molecule has 0 aliphatic heterocycles. The summed E-state index contributed by atoms with van der Waals surface area (Å²) < 4.78 is 6.02. The molecule has 0 unspecified atom stereocenters. The van der Waals surface area contributed by atoms with E-state index >= 15 is 0 Å². The van der Waals surface area contributed by atoms with Gasteiger partial charge in [0, 0.05) is 10.6 Å². The smallest absolute Gasteiger partial charge is 0.271 e. The molecule has 3 rings (SSSR count). The Balaban J connectivity index is 2.24. The number of halogens is 3. The van der Waals surface area contributed by atoms with Gasteiger partial charge in [-0.3, -0.25) is 14.2 Å². The van der Waals surface area contributed by atoms with Crippen LogP contribution in [0.25, 0.3) is 0 Å². The van der Waals surface area contributed by atoms with Gasteiger partial charge in [-0.15, -0.1) is 0 Å². The summed E-state index contributed by atoms with van der Waals surface area (Å²) in [4.78, 5) is 26.1. The Morgan fingerprint density at radius 1 is 1.16 bits per heavy atom. The lowest BCUT2D eigenvalue weighted by molar-refractivity contribution is 0.103. The second-order valence-electron chi connectivity index (χ2n) is 6.60. The molecule has 1 heterocycles. The molecule has 1 aromatic heterocycles. The first-order valence-electron chi connectivity index (χ1n) is 8.88. The standard InChI is InChI=1S/C22H15Cl3N2O4/c1-11-14(9-26)21(29)27(10-12-5-3-4-6-15(12)23)22(30)18(11)19(28)13-7-16(24)20(31-2)17(25)8-13/h3-8,30H,10H2,1-2H3. The zero-order valence-corrected chi connectivity index (χ0v) is 18.6. The largest absolute Gasteiger partial charge is 0.494 e. The molecular formula is C22H15Cl3N2O4. The summed E-state index contributed by atoms with van der Waals surface area (Å²) in [5.41, 5.74) is -0.572. The van der Waals surface area contributed by atoms with E-state index in [0.29, 0.717) is 10.6 Å². The SMILES string of the molecule is COc1c(Cl)cc(C(=O)c2c(C)c(C#N)c(=O)n(Cc3ccccc3Cl)c2O)cc1Cl. The van der Waals surface area contributed by atoms with Crippen LogP contribution in [-0.2, 0) is 6.54 Å². The molecule has 0 spiro atoms. The van der Waals surface area contributed by atoms with Gasteiger partial charge in [-0.05, 0) is 36.2 Å². The number of ether oxygens (including phenoxy) is 1. The van der Waals surface area contributed by atoms with Crippen molar-refractivity contribution >= 4 is 40.6 Å². The Morgan fingerprint density at radius 2 is 1.77 bits per heavy atom. The highest BCUT2D eigenvalue weighted by Crippen LogP contribution is 2.35. The Morgan fingerprint density at radius 3 is 2.32 bits per heavy atom. The highest BCUT2D eigenvalue weighted by molar-refractivity contribution is 6.38. The molecule has 31 heavy (non-hydrogen) atoms. The van der Waals surface area contributed by atoms with Crippen molar-refractivity contribution in [2.45, 2.75) is 13.5 Å². The first kappa shape index (κ1) is 22.7. The monoisotopic (exact) mass is 476 g/mol. The number of ketones is 1. The highest BCUT2D eigenvalue weighted by Gasteiger charge is 2.26. The van der Waals surface area contributed by atoms with Crippen LogP contribution in [0.1, 0.15) is 32.6 Å². The van der Waals surface area contributed by atoms with Crippen LogP contribution < -0.4 is 10.3 Å². The van der Waals surface area contributed by atoms with Crippen LogP contribution in [-0.4, -0.2) is 22.6 Å². The van der Waals surface area contributed by atoms with Crippen LogP contribution in [0.2, 0.25) is 15.1 Å². The van der Waals surface area contributed by atoms with Crippen molar-refractivity contribution in [1.82, 2.24) is 4.57 Å². The van der Waals surface area contributed by atoms with E-state index < -0.39 is 17.2 Å². The molecule has 1 N–H and O–H groups in total. The number of carbonyl (C=O) groups excluding carboxylic acids is 1. The second kappa shape index (κ2) is 9.03. The normalized spacial score (nSPS) is 10.6. The summed E-state index contributed by atoms with van der Waals surface area (Å²) in [5.74, 6) is -1.05. The van der Waals surface area contributed by atoms with E-state index in [1.165, 1.54) is 26.2 Å². The Hall–Kier alpha value is -2.98. The third-order valence-electron chi connectivity index (χ3n) is 4.78. The van der Waals surface area contributed by atoms with E-state index in [1.807, 2.05) is 6.07 Å². The van der Waals surface area contributed by atoms with Gasteiger partial charge in [-0.2, -0.15) is 5.26 Å². The number of nitrogens with zero attached hydrogens (tertiary/aromatic N) is 2. The Labute approximate surface area is 192 Å². The lowest BCUT2D eigenvalue weighted by Crippen LogP contribution is -2.27. The summed E-state index contributed by atoms with van der Waals surface area (Å²) in [7, 11) is 1.38. The van der Waals surface area contributed by atoms with E-state index in [2.05, 4.69) is 0 Å². The third-order valence-corrected chi connectivity index (χ3v) is 5.71. The van der Waals surface area contributed by atoms with E-state index in [-0.39, 0.29) is 44.6 Å². The van der Waals surface area contributed by atoms with E-state index in [4.69, 9.17) is 39.5 Å². The Kier molecular flexibility index (Phi) is 6.61. The van der Waals surface area contributed by atoms with Gasteiger partial charge in [0.15, 0.2) is 11.5 Å². The molecule has 0 aliphatic carbocycles. The summed E-state index contributed by atoms with van der Waals surface area (Å²) in [6.07, 6.45) is 0. The number of nitriles is 1. The van der Waals surface area contributed by atoms with Crippen LogP contribution >= 0.6 is 34.8 Å². The number of pyridine rings is 1. The molecule has 0 saturated heterocycles. The molecule has 3 aromatic rings. The summed E-state index contributed by atoms with van der Waals surface area (Å²) in [6.45, 7) is 1.28. The number of aromatic nitrogens is 1.